The molecule has 0 unspecified atom stereocenters. The molecule has 1 amide bonds. The topological polar surface area (TPSA) is 51.0 Å². The number of carbonyl (C=O) groups excluding carboxylic acids is 1. The van der Waals surface area contributed by atoms with Crippen LogP contribution in [-0.2, 0) is 17.8 Å². The smallest absolute Gasteiger partial charge is 0.244 e. The fourth-order valence-corrected chi connectivity index (χ4v) is 3.34. The van der Waals surface area contributed by atoms with Gasteiger partial charge in [0.2, 0.25) is 5.91 Å². The average molecular weight is 312 g/mol. The minimum absolute atomic E-state index is 0.182. The third-order valence-electron chi connectivity index (χ3n) is 4.48. The van der Waals surface area contributed by atoms with Gasteiger partial charge in [0, 0.05) is 30.7 Å². The van der Waals surface area contributed by atoms with E-state index in [-0.39, 0.29) is 5.91 Å². The Morgan fingerprint density at radius 1 is 1.39 bits per heavy atom. The van der Waals surface area contributed by atoms with Crippen LogP contribution in [0.25, 0.3) is 0 Å². The first-order valence-corrected chi connectivity index (χ1v) is 8.32. The molecule has 122 valence electrons. The normalized spacial score (nSPS) is 17.7. The molecule has 23 heavy (non-hydrogen) atoms. The van der Waals surface area contributed by atoms with Crippen LogP contribution in [0, 0.1) is 13.8 Å². The molecular weight excluding hydrogens is 288 g/mol. The van der Waals surface area contributed by atoms with Crippen molar-refractivity contribution in [3.8, 4) is 0 Å². The van der Waals surface area contributed by atoms with Gasteiger partial charge in [0.15, 0.2) is 0 Å². The van der Waals surface area contributed by atoms with Gasteiger partial charge in [-0.05, 0) is 62.8 Å². The van der Waals surface area contributed by atoms with Gasteiger partial charge in [-0.25, -0.2) is 0 Å². The quantitative estimate of drug-likeness (QED) is 0.852. The van der Waals surface area contributed by atoms with Gasteiger partial charge in [-0.1, -0.05) is 0 Å². The highest BCUT2D eigenvalue weighted by atomic mass is 16.2. The molecule has 2 aromatic rings. The van der Waals surface area contributed by atoms with Crippen LogP contribution in [0.15, 0.2) is 30.7 Å². The molecule has 2 aromatic heterocycles. The van der Waals surface area contributed by atoms with E-state index in [1.807, 2.05) is 31.1 Å². The summed E-state index contributed by atoms with van der Waals surface area (Å²) in [4.78, 5) is 18.8. The number of nitrogens with zero attached hydrogens (tertiary/aromatic N) is 4. The van der Waals surface area contributed by atoms with Crippen LogP contribution < -0.4 is 0 Å². The Hall–Kier alpha value is -2.17. The van der Waals surface area contributed by atoms with E-state index >= 15 is 0 Å². The molecule has 5 heteroatoms. The van der Waals surface area contributed by atoms with Crippen molar-refractivity contribution in [3.05, 3.63) is 47.5 Å². The Bertz CT molecular complexity index is 679. The lowest BCUT2D eigenvalue weighted by molar-refractivity contribution is -0.132. The maximum Gasteiger partial charge on any atom is 0.244 e. The second-order valence-corrected chi connectivity index (χ2v) is 6.44. The Labute approximate surface area is 137 Å². The molecule has 5 nitrogen and oxygen atoms in total. The second-order valence-electron chi connectivity index (χ2n) is 6.44. The van der Waals surface area contributed by atoms with Crippen LogP contribution in [0.2, 0.25) is 0 Å². The van der Waals surface area contributed by atoms with E-state index in [0.717, 1.165) is 43.5 Å². The van der Waals surface area contributed by atoms with Gasteiger partial charge in [0.25, 0.3) is 0 Å². The molecule has 0 aromatic carbocycles. The molecule has 0 aliphatic carbocycles. The highest BCUT2D eigenvalue weighted by Crippen LogP contribution is 2.22. The number of likely N-dealkylation sites (tertiary alicyclic amines) is 1. The fraction of sp³-hybridized carbons (Fsp3) is 0.500. The van der Waals surface area contributed by atoms with Crippen molar-refractivity contribution in [1.29, 1.82) is 0 Å². The summed E-state index contributed by atoms with van der Waals surface area (Å²) in [5.41, 5.74) is 3.44. The molecule has 1 saturated heterocycles. The number of aryl methyl sites for hydroxylation is 3. The third-order valence-corrected chi connectivity index (χ3v) is 4.48. The number of pyridine rings is 1. The molecule has 3 heterocycles. The van der Waals surface area contributed by atoms with Gasteiger partial charge in [-0.2, -0.15) is 5.10 Å². The van der Waals surface area contributed by atoms with Gasteiger partial charge in [0.05, 0.1) is 6.20 Å². The zero-order valence-corrected chi connectivity index (χ0v) is 13.9. The summed E-state index contributed by atoms with van der Waals surface area (Å²) in [5, 5.41) is 4.22. The molecule has 0 radical (unpaired) electrons. The van der Waals surface area contributed by atoms with Crippen molar-refractivity contribution in [3.63, 3.8) is 0 Å². The number of carbonyl (C=O) groups is 1. The lowest BCUT2D eigenvalue weighted by Gasteiger charge is -2.25. The third kappa shape index (κ3) is 3.97. The van der Waals surface area contributed by atoms with Crippen molar-refractivity contribution in [2.24, 2.45) is 0 Å². The SMILES string of the molecule is Cc1cnn(CC(=O)N2CCC[C@H]2CCc2ccnc(C)c2)c1. The number of aromatic nitrogens is 3. The molecule has 0 saturated carbocycles. The van der Waals surface area contributed by atoms with E-state index < -0.39 is 0 Å². The Morgan fingerprint density at radius 2 is 2.26 bits per heavy atom. The van der Waals surface area contributed by atoms with Crippen LogP contribution in [-0.4, -0.2) is 38.2 Å². The van der Waals surface area contributed by atoms with Crippen molar-refractivity contribution in [2.75, 3.05) is 6.54 Å². The van der Waals surface area contributed by atoms with Gasteiger partial charge in [-0.3, -0.25) is 14.5 Å². The highest BCUT2D eigenvalue weighted by molar-refractivity contribution is 5.76. The fourth-order valence-electron chi connectivity index (χ4n) is 3.34. The molecule has 1 aliphatic heterocycles. The molecule has 1 fully saturated rings. The van der Waals surface area contributed by atoms with Crippen molar-refractivity contribution in [2.45, 2.75) is 52.1 Å². The minimum Gasteiger partial charge on any atom is -0.338 e. The van der Waals surface area contributed by atoms with Crippen LogP contribution in [0.4, 0.5) is 0 Å². The molecular formula is C18H24N4O. The van der Waals surface area contributed by atoms with Gasteiger partial charge in [0.1, 0.15) is 6.54 Å². The largest absolute Gasteiger partial charge is 0.338 e. The zero-order chi connectivity index (χ0) is 16.2. The summed E-state index contributed by atoms with van der Waals surface area (Å²) in [6.45, 7) is 5.22. The van der Waals surface area contributed by atoms with Crippen LogP contribution in [0.3, 0.4) is 0 Å². The number of rotatable bonds is 5. The first-order chi connectivity index (χ1) is 11.1. The van der Waals surface area contributed by atoms with E-state index in [0.29, 0.717) is 12.6 Å². The molecule has 1 aliphatic rings. The van der Waals surface area contributed by atoms with Crippen molar-refractivity contribution < 1.29 is 4.79 Å². The van der Waals surface area contributed by atoms with Crippen LogP contribution >= 0.6 is 0 Å². The first kappa shape index (κ1) is 15.7. The lowest BCUT2D eigenvalue weighted by atomic mass is 10.0. The van der Waals surface area contributed by atoms with E-state index in [4.69, 9.17) is 0 Å². The van der Waals surface area contributed by atoms with E-state index in [2.05, 4.69) is 22.2 Å². The summed E-state index contributed by atoms with van der Waals surface area (Å²) in [7, 11) is 0. The number of hydrogen-bond acceptors (Lipinski definition) is 3. The van der Waals surface area contributed by atoms with Gasteiger partial charge >= 0.3 is 0 Å². The Balaban J connectivity index is 1.57. The number of amides is 1. The number of hydrogen-bond donors (Lipinski definition) is 0. The monoisotopic (exact) mass is 312 g/mol. The highest BCUT2D eigenvalue weighted by Gasteiger charge is 2.28. The van der Waals surface area contributed by atoms with Crippen LogP contribution in [0.5, 0.6) is 0 Å². The van der Waals surface area contributed by atoms with Gasteiger partial charge in [-0.15, -0.1) is 0 Å². The predicted molar refractivity (Wildman–Crippen MR) is 89.0 cm³/mol. The van der Waals surface area contributed by atoms with E-state index in [1.54, 1.807) is 10.9 Å². The summed E-state index contributed by atoms with van der Waals surface area (Å²) in [6, 6.07) is 4.56. The maximum atomic E-state index is 12.6. The van der Waals surface area contributed by atoms with Crippen molar-refractivity contribution in [1.82, 2.24) is 19.7 Å². The maximum absolute atomic E-state index is 12.6. The summed E-state index contributed by atoms with van der Waals surface area (Å²) < 4.78 is 1.74. The van der Waals surface area contributed by atoms with Crippen LogP contribution in [0.1, 0.15) is 36.1 Å². The Morgan fingerprint density at radius 3 is 3.00 bits per heavy atom. The minimum atomic E-state index is 0.182. The molecule has 0 N–H and O–H groups in total. The molecule has 0 bridgehead atoms. The standard InChI is InChI=1S/C18H24N4O/c1-14-11-20-21(12-14)13-18(23)22-9-3-4-17(22)6-5-16-7-8-19-15(2)10-16/h7-8,10-12,17H,3-6,9,13H2,1-2H3/t17-/m0/s1. The Kier molecular flexibility index (Phi) is 4.74. The van der Waals surface area contributed by atoms with E-state index in [1.165, 1.54) is 5.56 Å². The summed E-state index contributed by atoms with van der Waals surface area (Å²) >= 11 is 0. The molecule has 1 atom stereocenters. The molecule has 3 rings (SSSR count). The second kappa shape index (κ2) is 6.94. The predicted octanol–water partition coefficient (Wildman–Crippen LogP) is 2.52. The summed E-state index contributed by atoms with van der Waals surface area (Å²) in [5.74, 6) is 0.182. The first-order valence-electron chi connectivity index (χ1n) is 8.32. The van der Waals surface area contributed by atoms with Gasteiger partial charge < -0.3 is 4.90 Å². The average Bonchev–Trinajstić information content (AvgIpc) is 3.14. The van der Waals surface area contributed by atoms with E-state index in [9.17, 15) is 4.79 Å². The molecule has 0 spiro atoms. The summed E-state index contributed by atoms with van der Waals surface area (Å²) in [6.07, 6.45) is 9.80. The van der Waals surface area contributed by atoms with Crippen molar-refractivity contribution >= 4 is 5.91 Å². The zero-order valence-electron chi connectivity index (χ0n) is 13.9. The lowest BCUT2D eigenvalue weighted by Crippen LogP contribution is -2.38.